The first-order chi connectivity index (χ1) is 13.8. The van der Waals surface area contributed by atoms with Crippen LogP contribution in [-0.2, 0) is 23.9 Å². The van der Waals surface area contributed by atoms with Crippen molar-refractivity contribution in [2.24, 2.45) is 0 Å². The number of alkyl halides is 10. The van der Waals surface area contributed by atoms with Gasteiger partial charge < -0.3 is 19.5 Å². The first kappa shape index (κ1) is 28.9. The predicted octanol–water partition coefficient (Wildman–Crippen LogP) is 4.20. The van der Waals surface area contributed by atoms with Crippen molar-refractivity contribution in [3.8, 4) is 0 Å². The number of alkyl carbamates (subject to hydrolysis) is 1. The van der Waals surface area contributed by atoms with Gasteiger partial charge in [0.1, 0.15) is 0 Å². The lowest BCUT2D eigenvalue weighted by atomic mass is 10.2. The van der Waals surface area contributed by atoms with Gasteiger partial charge in [-0.15, -0.1) is 4.94 Å². The van der Waals surface area contributed by atoms with Gasteiger partial charge in [-0.2, -0.15) is 43.9 Å². The minimum Gasteiger partial charge on any atom is -0.473 e. The molecule has 0 spiro atoms. The summed E-state index contributed by atoms with van der Waals surface area (Å²) in [5.74, 6) is -12.5. The Morgan fingerprint density at radius 1 is 0.935 bits per heavy atom. The van der Waals surface area contributed by atoms with Crippen LogP contribution in [0.4, 0.5) is 53.2 Å². The van der Waals surface area contributed by atoms with E-state index in [-0.39, 0.29) is 19.2 Å². The van der Waals surface area contributed by atoms with Crippen LogP contribution in [0.1, 0.15) is 6.92 Å². The van der Waals surface area contributed by atoms with Crippen LogP contribution < -0.4 is 5.32 Å². The summed E-state index contributed by atoms with van der Waals surface area (Å²) >= 11 is 0. The van der Waals surface area contributed by atoms with Crippen LogP contribution in [0.3, 0.4) is 0 Å². The van der Waals surface area contributed by atoms with Gasteiger partial charge in [0, 0.05) is 6.54 Å². The Hall–Kier alpha value is -2.08. The van der Waals surface area contributed by atoms with Crippen LogP contribution >= 0.6 is 0 Å². The van der Waals surface area contributed by atoms with E-state index in [1.54, 1.807) is 5.32 Å². The van der Waals surface area contributed by atoms with E-state index in [0.29, 0.717) is 0 Å². The van der Waals surface area contributed by atoms with Crippen LogP contribution in [0.2, 0.25) is 0 Å². The van der Waals surface area contributed by atoms with E-state index in [1.807, 2.05) is 0 Å². The van der Waals surface area contributed by atoms with Crippen molar-refractivity contribution in [3.05, 3.63) is 12.3 Å². The zero-order valence-corrected chi connectivity index (χ0v) is 15.1. The van der Waals surface area contributed by atoms with Crippen molar-refractivity contribution < 1.29 is 77.1 Å². The number of nitrogens with one attached hydrogen (secondary N) is 1. The van der Waals surface area contributed by atoms with Crippen molar-refractivity contribution in [1.82, 2.24) is 5.32 Å². The molecule has 0 bridgehead atoms. The zero-order valence-electron chi connectivity index (χ0n) is 15.1. The molecule has 0 fully saturated rings. The molecular formula is C13H14F11NO6. The lowest BCUT2D eigenvalue weighted by Gasteiger charge is -2.35. The smallest absolute Gasteiger partial charge is 0.461 e. The fourth-order valence-corrected chi connectivity index (χ4v) is 1.33. The van der Waals surface area contributed by atoms with E-state index in [9.17, 15) is 53.2 Å². The second-order valence-corrected chi connectivity index (χ2v) is 5.39. The van der Waals surface area contributed by atoms with Gasteiger partial charge in [0.15, 0.2) is 13.4 Å². The summed E-state index contributed by atoms with van der Waals surface area (Å²) in [5.41, 5.74) is 0. The van der Waals surface area contributed by atoms with E-state index >= 15 is 0 Å². The Morgan fingerprint density at radius 2 is 1.48 bits per heavy atom. The van der Waals surface area contributed by atoms with E-state index in [1.165, 1.54) is 11.9 Å². The lowest BCUT2D eigenvalue weighted by molar-refractivity contribution is -0.533. The summed E-state index contributed by atoms with van der Waals surface area (Å²) in [6.07, 6.45) is -22.4. The normalized spacial score (nSPS) is 16.8. The van der Waals surface area contributed by atoms with Gasteiger partial charge in [-0.25, -0.2) is 4.79 Å². The van der Waals surface area contributed by atoms with Gasteiger partial charge in [0.2, 0.25) is 0 Å². The molecule has 0 heterocycles. The molecule has 31 heavy (non-hydrogen) atoms. The quantitative estimate of drug-likeness (QED) is 0.192. The van der Waals surface area contributed by atoms with Crippen LogP contribution in [0.15, 0.2) is 12.3 Å². The Labute approximate surface area is 165 Å². The topological polar surface area (TPSA) is 75.3 Å². The van der Waals surface area contributed by atoms with Crippen LogP contribution in [0.25, 0.3) is 0 Å². The third-order valence-electron chi connectivity index (χ3n) is 2.85. The average Bonchev–Trinajstić information content (AvgIpc) is 2.59. The molecule has 0 aromatic heterocycles. The Morgan fingerprint density at radius 3 is 1.90 bits per heavy atom. The molecule has 0 saturated carbocycles. The number of rotatable bonds is 12. The van der Waals surface area contributed by atoms with E-state index in [2.05, 4.69) is 16.1 Å². The zero-order chi connectivity index (χ0) is 24.7. The number of ether oxygens (including phenoxy) is 4. The molecule has 1 N–H and O–H groups in total. The molecule has 0 aliphatic rings. The Bertz CT molecular complexity index is 614. The largest absolute Gasteiger partial charge is 0.473 e. The van der Waals surface area contributed by atoms with Crippen molar-refractivity contribution >= 4 is 6.09 Å². The third-order valence-corrected chi connectivity index (χ3v) is 2.85. The van der Waals surface area contributed by atoms with E-state index < -0.39 is 49.4 Å². The molecule has 0 radical (unpaired) electrons. The molecule has 7 nitrogen and oxygen atoms in total. The molecule has 1 amide bonds. The summed E-state index contributed by atoms with van der Waals surface area (Å²) in [4.78, 5) is 12.6. The van der Waals surface area contributed by atoms with Gasteiger partial charge in [0.25, 0.3) is 0 Å². The molecule has 184 valence electrons. The summed E-state index contributed by atoms with van der Waals surface area (Å²) in [5, 5.41) is 1.64. The second kappa shape index (κ2) is 10.5. The fraction of sp³-hybridized carbons (Fsp3) is 0.769. The number of hydrogen-bond donors (Lipinski definition) is 1. The average molecular weight is 489 g/mol. The number of carbonyl (C=O) groups excluding carboxylic acids is 1. The van der Waals surface area contributed by atoms with Gasteiger partial charge in [-0.3, -0.25) is 4.74 Å². The Balaban J connectivity index is 5.11. The predicted molar refractivity (Wildman–Crippen MR) is 74.1 cm³/mol. The maximum atomic E-state index is 13.9. The lowest BCUT2D eigenvalue weighted by Crippen LogP contribution is -2.62. The van der Waals surface area contributed by atoms with Crippen molar-refractivity contribution in [3.63, 3.8) is 0 Å². The van der Waals surface area contributed by atoms with Gasteiger partial charge in [0.05, 0.1) is 12.4 Å². The van der Waals surface area contributed by atoms with Crippen LogP contribution in [-0.4, -0.2) is 62.8 Å². The standard InChI is InChI=1S/C13H14F11NO6/c1-7(2)29-6-27-4-3-25-8(26)28-5-9(14,11(16,17)18)30-13(22,23)10(15,31-24)12(19,20)21/h1,3-6H2,2H3,(H,25,26). The van der Waals surface area contributed by atoms with E-state index in [0.717, 1.165) is 0 Å². The number of hydrogen-bond acceptors (Lipinski definition) is 6. The molecule has 0 aliphatic heterocycles. The third kappa shape index (κ3) is 7.84. The van der Waals surface area contributed by atoms with Gasteiger partial charge in [-0.1, -0.05) is 6.58 Å². The number of amides is 1. The monoisotopic (exact) mass is 489 g/mol. The highest BCUT2D eigenvalue weighted by molar-refractivity contribution is 5.67. The minimum absolute atomic E-state index is 0.247. The molecule has 2 atom stereocenters. The summed E-state index contributed by atoms with van der Waals surface area (Å²) in [6, 6.07) is 0. The van der Waals surface area contributed by atoms with Crippen molar-refractivity contribution in [1.29, 1.82) is 0 Å². The molecule has 0 aromatic carbocycles. The molecule has 18 heteroatoms. The highest BCUT2D eigenvalue weighted by Gasteiger charge is 2.79. The Kier molecular flexibility index (Phi) is 9.79. The van der Waals surface area contributed by atoms with Crippen molar-refractivity contribution in [2.75, 3.05) is 26.6 Å². The maximum Gasteiger partial charge on any atom is 0.461 e. The minimum atomic E-state index is -7.01. The summed E-state index contributed by atoms with van der Waals surface area (Å²) < 4.78 is 156. The van der Waals surface area contributed by atoms with E-state index in [4.69, 9.17) is 9.47 Å². The summed E-state index contributed by atoms with van der Waals surface area (Å²) in [7, 11) is 0. The second-order valence-electron chi connectivity index (χ2n) is 5.39. The molecule has 0 saturated heterocycles. The van der Waals surface area contributed by atoms with Gasteiger partial charge >= 0.3 is 36.3 Å². The molecule has 0 aliphatic carbocycles. The first-order valence-electron chi connectivity index (χ1n) is 7.48. The molecular weight excluding hydrogens is 475 g/mol. The van der Waals surface area contributed by atoms with Crippen LogP contribution in [0.5, 0.6) is 0 Å². The number of allylic oxidation sites excluding steroid dienone is 1. The van der Waals surface area contributed by atoms with Crippen molar-refractivity contribution in [2.45, 2.75) is 37.1 Å². The fourth-order valence-electron chi connectivity index (χ4n) is 1.33. The van der Waals surface area contributed by atoms with Crippen LogP contribution in [0, 0.1) is 0 Å². The molecule has 2 unspecified atom stereocenters. The van der Waals surface area contributed by atoms with Gasteiger partial charge in [-0.05, 0) is 11.4 Å². The number of halogens is 11. The number of carbonyl (C=O) groups is 1. The highest BCUT2D eigenvalue weighted by atomic mass is 19.4. The highest BCUT2D eigenvalue weighted by Crippen LogP contribution is 2.50. The first-order valence-corrected chi connectivity index (χ1v) is 7.48. The summed E-state index contributed by atoms with van der Waals surface area (Å²) in [6.45, 7) is 0.749. The molecule has 0 rings (SSSR count). The SMILES string of the molecule is C=C(C)OCOCCNC(=O)OCC(F)(OC(F)(F)C(F)(OF)C(F)(F)F)C(F)(F)F. The molecule has 0 aromatic rings. The maximum absolute atomic E-state index is 13.9.